The maximum Gasteiger partial charge on any atom is 0.261 e. The van der Waals surface area contributed by atoms with Gasteiger partial charge in [0.15, 0.2) is 0 Å². The maximum absolute atomic E-state index is 12.7. The number of pyridine rings is 1. The molecule has 3 rings (SSSR count). The number of aromatic nitrogens is 1. The number of thioether (sulfide) groups is 1. The molecule has 1 unspecified atom stereocenters. The number of nitrogens with zero attached hydrogens (tertiary/aromatic N) is 1. The Morgan fingerprint density at radius 1 is 1.30 bits per heavy atom. The predicted molar refractivity (Wildman–Crippen MR) is 116 cm³/mol. The van der Waals surface area contributed by atoms with Gasteiger partial charge in [0.05, 0.1) is 15.6 Å². The van der Waals surface area contributed by atoms with Crippen molar-refractivity contribution in [3.8, 4) is 0 Å². The predicted octanol–water partition coefficient (Wildman–Crippen LogP) is 6.01. The van der Waals surface area contributed by atoms with Crippen LogP contribution in [0.1, 0.15) is 42.3 Å². The molecule has 0 radical (unpaired) electrons. The van der Waals surface area contributed by atoms with Crippen LogP contribution in [0, 0.1) is 20.8 Å². The fourth-order valence-corrected chi connectivity index (χ4v) is 4.84. The molecule has 2 aromatic rings. The third-order valence-corrected chi connectivity index (χ3v) is 6.57. The molecule has 2 heterocycles. The van der Waals surface area contributed by atoms with Gasteiger partial charge < -0.3 is 5.32 Å². The third-order valence-electron chi connectivity index (χ3n) is 4.82. The number of nitrogens with one attached hydrogen (secondary N) is 1. The first-order valence-electron chi connectivity index (χ1n) is 9.15. The fourth-order valence-electron chi connectivity index (χ4n) is 3.36. The summed E-state index contributed by atoms with van der Waals surface area (Å²) in [5.41, 5.74) is 5.08. The van der Waals surface area contributed by atoms with Crippen molar-refractivity contribution in [2.45, 2.75) is 51.7 Å². The minimum atomic E-state index is -0.0792. The molecular weight excluding hydrogens is 376 g/mol. The molecule has 0 saturated heterocycles. The van der Waals surface area contributed by atoms with E-state index in [-0.39, 0.29) is 10.7 Å². The molecule has 3 nitrogen and oxygen atoms in total. The number of para-hydroxylation sites is 1. The van der Waals surface area contributed by atoms with Crippen molar-refractivity contribution < 1.29 is 4.79 Å². The molecule has 0 aliphatic carbocycles. The lowest BCUT2D eigenvalue weighted by Gasteiger charge is -2.23. The van der Waals surface area contributed by atoms with Gasteiger partial charge in [-0.15, -0.1) is 11.8 Å². The number of hydrogen-bond acceptors (Lipinski definition) is 3. The Morgan fingerprint density at radius 3 is 2.78 bits per heavy atom. The van der Waals surface area contributed by atoms with Gasteiger partial charge in [-0.2, -0.15) is 0 Å². The van der Waals surface area contributed by atoms with Crippen LogP contribution in [0.15, 0.2) is 41.3 Å². The zero-order chi connectivity index (χ0) is 19.6. The highest BCUT2D eigenvalue weighted by atomic mass is 35.5. The van der Waals surface area contributed by atoms with E-state index >= 15 is 0 Å². The van der Waals surface area contributed by atoms with Gasteiger partial charge in [0.2, 0.25) is 0 Å². The van der Waals surface area contributed by atoms with Crippen molar-refractivity contribution in [2.75, 3.05) is 5.32 Å². The molecular formula is C22H25ClN2OS. The van der Waals surface area contributed by atoms with Crippen molar-refractivity contribution >= 4 is 35.0 Å². The van der Waals surface area contributed by atoms with Crippen LogP contribution in [-0.2, 0) is 11.2 Å². The smallest absolute Gasteiger partial charge is 0.261 e. The molecule has 1 aliphatic heterocycles. The van der Waals surface area contributed by atoms with Crippen LogP contribution in [0.3, 0.4) is 0 Å². The monoisotopic (exact) mass is 400 g/mol. The van der Waals surface area contributed by atoms with Crippen LogP contribution in [0.2, 0.25) is 5.02 Å². The molecule has 5 heteroatoms. The minimum Gasteiger partial charge on any atom is -0.320 e. The summed E-state index contributed by atoms with van der Waals surface area (Å²) in [6, 6.07) is 9.86. The van der Waals surface area contributed by atoms with E-state index in [0.29, 0.717) is 10.7 Å². The second-order valence-electron chi connectivity index (χ2n) is 7.49. The number of halogens is 1. The van der Waals surface area contributed by atoms with Gasteiger partial charge in [-0.1, -0.05) is 29.8 Å². The number of allylic oxidation sites excluding steroid dienone is 1. The average Bonchev–Trinajstić information content (AvgIpc) is 2.99. The quantitative estimate of drug-likeness (QED) is 0.668. The molecule has 27 heavy (non-hydrogen) atoms. The van der Waals surface area contributed by atoms with Gasteiger partial charge in [-0.3, -0.25) is 9.78 Å². The highest BCUT2D eigenvalue weighted by Gasteiger charge is 2.33. The average molecular weight is 401 g/mol. The van der Waals surface area contributed by atoms with Crippen molar-refractivity contribution in [2.24, 2.45) is 0 Å². The molecule has 142 valence electrons. The molecule has 0 fully saturated rings. The van der Waals surface area contributed by atoms with Gasteiger partial charge in [-0.05, 0) is 76.3 Å². The third kappa shape index (κ3) is 4.94. The zero-order valence-corrected chi connectivity index (χ0v) is 17.8. The molecule has 0 spiro atoms. The van der Waals surface area contributed by atoms with Crippen molar-refractivity contribution in [1.82, 2.24) is 4.98 Å². The van der Waals surface area contributed by atoms with Gasteiger partial charge in [0.25, 0.3) is 5.91 Å². The fraction of sp³-hybridized carbons (Fsp3) is 0.364. The number of carbonyl (C=O) groups is 1. The lowest BCUT2D eigenvalue weighted by molar-refractivity contribution is -0.112. The van der Waals surface area contributed by atoms with Crippen molar-refractivity contribution in [3.63, 3.8) is 0 Å². The summed E-state index contributed by atoms with van der Waals surface area (Å²) in [5, 5.41) is 3.54. The summed E-state index contributed by atoms with van der Waals surface area (Å²) in [4.78, 5) is 18.1. The van der Waals surface area contributed by atoms with Crippen LogP contribution in [0.5, 0.6) is 0 Å². The van der Waals surface area contributed by atoms with Crippen LogP contribution in [0.4, 0.5) is 5.69 Å². The van der Waals surface area contributed by atoms with Crippen LogP contribution in [0.25, 0.3) is 0 Å². The van der Waals surface area contributed by atoms with Crippen LogP contribution < -0.4 is 5.32 Å². The Labute approximate surface area is 170 Å². The van der Waals surface area contributed by atoms with Gasteiger partial charge in [0.1, 0.15) is 0 Å². The second kappa shape index (κ2) is 8.07. The lowest BCUT2D eigenvalue weighted by atomic mass is 9.98. The van der Waals surface area contributed by atoms with E-state index in [0.717, 1.165) is 41.1 Å². The van der Waals surface area contributed by atoms with E-state index in [2.05, 4.69) is 36.3 Å². The molecule has 1 N–H and O–H groups in total. The van der Waals surface area contributed by atoms with Gasteiger partial charge in [-0.25, -0.2) is 0 Å². The van der Waals surface area contributed by atoms with Crippen molar-refractivity contribution in [1.29, 1.82) is 0 Å². The molecule has 1 aromatic carbocycles. The van der Waals surface area contributed by atoms with E-state index < -0.39 is 0 Å². The Kier molecular flexibility index (Phi) is 5.97. The van der Waals surface area contributed by atoms with E-state index in [9.17, 15) is 4.79 Å². The first-order chi connectivity index (χ1) is 12.8. The molecule has 1 aliphatic rings. The van der Waals surface area contributed by atoms with E-state index in [1.807, 2.05) is 32.1 Å². The number of carbonyl (C=O) groups excluding carboxylic acids is 1. The summed E-state index contributed by atoms with van der Waals surface area (Å²) in [5.74, 6) is -0.0792. The summed E-state index contributed by atoms with van der Waals surface area (Å²) >= 11 is 7.89. The standard InChI is InChI=1S/C22H25ClN2OS/c1-14-12-16(3)24-17(13-14)8-10-22(4)11-9-19(27-22)21(26)25-20-15(2)6-5-7-18(20)23/h5-7,9,12-13H,8,10-11H2,1-4H3,(H,25,26). The molecule has 0 saturated carbocycles. The van der Waals surface area contributed by atoms with Gasteiger partial charge in [0, 0.05) is 16.1 Å². The number of aryl methyl sites for hydroxylation is 4. The highest BCUT2D eigenvalue weighted by Crippen LogP contribution is 2.45. The van der Waals surface area contributed by atoms with Crippen molar-refractivity contribution in [3.05, 3.63) is 68.9 Å². The summed E-state index contributed by atoms with van der Waals surface area (Å²) < 4.78 is 0.0154. The zero-order valence-electron chi connectivity index (χ0n) is 16.2. The highest BCUT2D eigenvalue weighted by molar-refractivity contribution is 8.05. The Morgan fingerprint density at radius 2 is 2.07 bits per heavy atom. The maximum atomic E-state index is 12.7. The lowest BCUT2D eigenvalue weighted by Crippen LogP contribution is -2.19. The summed E-state index contributed by atoms with van der Waals surface area (Å²) in [6.45, 7) is 8.30. The molecule has 1 atom stereocenters. The second-order valence-corrected chi connectivity index (χ2v) is 9.52. The first kappa shape index (κ1) is 20.0. The molecule has 1 aromatic heterocycles. The Balaban J connectivity index is 1.61. The number of rotatable bonds is 5. The first-order valence-corrected chi connectivity index (χ1v) is 10.3. The number of benzene rings is 1. The van der Waals surface area contributed by atoms with Crippen LogP contribution >= 0.6 is 23.4 Å². The van der Waals surface area contributed by atoms with E-state index in [4.69, 9.17) is 11.6 Å². The molecule has 0 bridgehead atoms. The normalized spacial score (nSPS) is 19.1. The number of hydrogen-bond donors (Lipinski definition) is 1. The largest absolute Gasteiger partial charge is 0.320 e. The number of amides is 1. The molecule has 1 amide bonds. The summed E-state index contributed by atoms with van der Waals surface area (Å²) in [6.07, 6.45) is 4.82. The van der Waals surface area contributed by atoms with E-state index in [1.165, 1.54) is 5.56 Å². The summed E-state index contributed by atoms with van der Waals surface area (Å²) in [7, 11) is 0. The Bertz CT molecular complexity index is 869. The Hall–Kier alpha value is -1.78. The minimum absolute atomic E-state index is 0.0154. The van der Waals surface area contributed by atoms with E-state index in [1.54, 1.807) is 17.8 Å². The number of anilines is 1. The van der Waals surface area contributed by atoms with Gasteiger partial charge >= 0.3 is 0 Å². The SMILES string of the molecule is Cc1cc(C)nc(CCC2(C)CC=C(C(=O)Nc3c(C)cccc3Cl)S2)c1. The van der Waals surface area contributed by atoms with Crippen LogP contribution in [-0.4, -0.2) is 15.6 Å². The topological polar surface area (TPSA) is 42.0 Å².